The molecule has 46 heavy (non-hydrogen) atoms. The minimum atomic E-state index is -4.69. The van der Waals surface area contributed by atoms with E-state index in [0.717, 1.165) is 84.9 Å². The highest BCUT2D eigenvalue weighted by molar-refractivity contribution is 8.87. The lowest BCUT2D eigenvalue weighted by Crippen LogP contribution is -2.06. The molecule has 0 spiro atoms. The van der Waals surface area contributed by atoms with E-state index in [9.17, 15) is 55.4 Å². The van der Waals surface area contributed by atoms with Crippen LogP contribution in [0.4, 0.5) is 57.9 Å². The van der Waals surface area contributed by atoms with Gasteiger partial charge >= 0.3 is 23.7 Å². The number of halogens is 8. The van der Waals surface area contributed by atoms with Gasteiger partial charge < -0.3 is 0 Å². The minimum absolute atomic E-state index is 0.0571. The van der Waals surface area contributed by atoms with Gasteiger partial charge in [-0.05, 0) is 70.1 Å². The van der Waals surface area contributed by atoms with Crippen LogP contribution in [0.3, 0.4) is 0 Å². The normalized spacial score (nSPS) is 12.7. The first-order valence-electron chi connectivity index (χ1n) is 12.3. The number of alkyl halides is 6. The number of hydrogen-bond acceptors (Lipinski definition) is 8. The van der Waals surface area contributed by atoms with E-state index in [1.54, 1.807) is 0 Å². The Morgan fingerprint density at radius 1 is 0.565 bits per heavy atom. The molecule has 0 aromatic heterocycles. The predicted molar refractivity (Wildman–Crippen MR) is 157 cm³/mol. The van der Waals surface area contributed by atoms with Gasteiger partial charge in [0, 0.05) is 23.3 Å². The van der Waals surface area contributed by atoms with Crippen molar-refractivity contribution >= 4 is 54.4 Å². The predicted octanol–water partition coefficient (Wildman–Crippen LogP) is 10.1. The highest BCUT2D eigenvalue weighted by atomic mass is 33.1. The lowest BCUT2D eigenvalue weighted by atomic mass is 10.1. The van der Waals surface area contributed by atoms with E-state index in [0.29, 0.717) is 21.6 Å². The summed E-state index contributed by atoms with van der Waals surface area (Å²) >= 11 is 0. The number of rotatable bonds is 6. The second kappa shape index (κ2) is 13.7. The largest absolute Gasteiger partial charge is 0.416 e. The van der Waals surface area contributed by atoms with Gasteiger partial charge in [-0.3, -0.25) is 20.2 Å². The molecular formula is C28H14F8N4O4S2. The maximum Gasteiger partial charge on any atom is 0.416 e. The SMILES string of the molecule is O=[N+]([O-])c1cc(N=C(SSC(=Nc2ccc(F)c([N+](=O)[O-])c2)c2ccc(C(F)(F)F)cc2)c2ccc(C(F)(F)F)cc2)ccc1F. The molecule has 0 heterocycles. The summed E-state index contributed by atoms with van der Waals surface area (Å²) in [7, 11) is 1.42. The van der Waals surface area contributed by atoms with Crippen LogP contribution in [-0.4, -0.2) is 19.9 Å². The Hall–Kier alpha value is -4.84. The van der Waals surface area contributed by atoms with Gasteiger partial charge in [0.05, 0.1) is 32.3 Å². The standard InChI is InChI=1S/C28H14F8N4O4S2/c29-21-11-9-19(13-23(21)39(41)42)37-25(15-1-5-17(6-2-15)27(31,32)33)45-46-26(16-3-7-18(8-4-16)28(34,35)36)38-20-10-12-22(30)24(14-20)40(43)44/h1-14H. The zero-order chi connectivity index (χ0) is 33.8. The molecule has 18 heteroatoms. The van der Waals surface area contributed by atoms with Gasteiger partial charge in [-0.2, -0.15) is 35.1 Å². The van der Waals surface area contributed by atoms with Crippen molar-refractivity contribution in [2.24, 2.45) is 9.98 Å². The third kappa shape index (κ3) is 8.45. The minimum Gasteiger partial charge on any atom is -0.258 e. The summed E-state index contributed by atoms with van der Waals surface area (Å²) in [6, 6.07) is 12.4. The smallest absolute Gasteiger partial charge is 0.258 e. The number of hydrogen-bond donors (Lipinski definition) is 0. The molecule has 8 nitrogen and oxygen atoms in total. The van der Waals surface area contributed by atoms with Gasteiger partial charge in [-0.25, -0.2) is 9.98 Å². The van der Waals surface area contributed by atoms with Crippen LogP contribution in [-0.2, 0) is 12.4 Å². The molecule has 0 amide bonds. The molecular weight excluding hydrogens is 672 g/mol. The summed E-state index contributed by atoms with van der Waals surface area (Å²) in [6.45, 7) is 0. The molecule has 0 atom stereocenters. The van der Waals surface area contributed by atoms with Crippen molar-refractivity contribution in [2.75, 3.05) is 0 Å². The number of nitro benzene ring substituents is 2. The summed E-state index contributed by atoms with van der Waals surface area (Å²) in [6.07, 6.45) is -9.37. The van der Waals surface area contributed by atoms with E-state index in [4.69, 9.17) is 0 Å². The molecule has 0 fully saturated rings. The monoisotopic (exact) mass is 686 g/mol. The van der Waals surface area contributed by atoms with Gasteiger partial charge in [-0.1, -0.05) is 24.3 Å². The highest BCUT2D eigenvalue weighted by Crippen LogP contribution is 2.38. The fourth-order valence-electron chi connectivity index (χ4n) is 3.60. The van der Waals surface area contributed by atoms with Crippen LogP contribution in [0, 0.1) is 31.9 Å². The Balaban J connectivity index is 1.81. The molecule has 0 aliphatic heterocycles. The van der Waals surface area contributed by atoms with Crippen molar-refractivity contribution in [3.05, 3.63) is 139 Å². The van der Waals surface area contributed by atoms with E-state index in [1.165, 1.54) is 0 Å². The quantitative estimate of drug-likeness (QED) is 0.0499. The van der Waals surface area contributed by atoms with Crippen molar-refractivity contribution in [1.29, 1.82) is 0 Å². The summed E-state index contributed by atoms with van der Waals surface area (Å²) < 4.78 is 107. The van der Waals surface area contributed by atoms with Crippen LogP contribution in [0.2, 0.25) is 0 Å². The second-order valence-corrected chi connectivity index (χ2v) is 11.0. The molecule has 0 radical (unpaired) electrons. The Labute approximate surface area is 260 Å². The van der Waals surface area contributed by atoms with Gasteiger partial charge in [0.15, 0.2) is 0 Å². The van der Waals surface area contributed by atoms with Crippen LogP contribution in [0.1, 0.15) is 22.3 Å². The van der Waals surface area contributed by atoms with E-state index >= 15 is 0 Å². The zero-order valence-corrected chi connectivity index (χ0v) is 24.0. The summed E-state index contributed by atoms with van der Waals surface area (Å²) in [4.78, 5) is 28.9. The first-order chi connectivity index (χ1) is 21.5. The topological polar surface area (TPSA) is 111 Å². The van der Waals surface area contributed by atoms with Gasteiger partial charge in [0.1, 0.15) is 10.1 Å². The Morgan fingerprint density at radius 3 is 1.17 bits per heavy atom. The maximum atomic E-state index is 13.9. The fourth-order valence-corrected chi connectivity index (χ4v) is 5.78. The Morgan fingerprint density at radius 2 is 0.891 bits per heavy atom. The lowest BCUT2D eigenvalue weighted by Gasteiger charge is -2.12. The fraction of sp³-hybridized carbons (Fsp3) is 0.0714. The van der Waals surface area contributed by atoms with Crippen molar-refractivity contribution < 1.29 is 45.0 Å². The molecule has 0 bridgehead atoms. The third-order valence-electron chi connectivity index (χ3n) is 5.83. The number of benzene rings is 4. The van der Waals surface area contributed by atoms with Gasteiger partial charge in [-0.15, -0.1) is 0 Å². The Kier molecular flexibility index (Phi) is 10.1. The van der Waals surface area contributed by atoms with Crippen LogP contribution in [0.15, 0.2) is 94.9 Å². The number of aliphatic imine (C=N–C) groups is 2. The Bertz CT molecular complexity index is 1710. The molecule has 4 aromatic rings. The van der Waals surface area contributed by atoms with Crippen molar-refractivity contribution in [3.8, 4) is 0 Å². The maximum absolute atomic E-state index is 13.9. The zero-order valence-electron chi connectivity index (χ0n) is 22.3. The molecule has 0 unspecified atom stereocenters. The number of nitrogens with zero attached hydrogens (tertiary/aromatic N) is 4. The van der Waals surface area contributed by atoms with Crippen LogP contribution >= 0.6 is 21.6 Å². The van der Waals surface area contributed by atoms with Crippen LogP contribution in [0.5, 0.6) is 0 Å². The van der Waals surface area contributed by atoms with Gasteiger partial charge in [0.25, 0.3) is 0 Å². The van der Waals surface area contributed by atoms with Crippen LogP contribution in [0.25, 0.3) is 0 Å². The second-order valence-electron chi connectivity index (χ2n) is 8.94. The lowest BCUT2D eigenvalue weighted by molar-refractivity contribution is -0.387. The van der Waals surface area contributed by atoms with Crippen LogP contribution < -0.4 is 0 Å². The molecule has 0 aliphatic carbocycles. The van der Waals surface area contributed by atoms with E-state index in [1.807, 2.05) is 0 Å². The molecule has 0 N–H and O–H groups in total. The van der Waals surface area contributed by atoms with E-state index in [2.05, 4.69) is 9.98 Å². The molecule has 0 aliphatic rings. The molecule has 0 saturated carbocycles. The molecule has 0 saturated heterocycles. The molecule has 238 valence electrons. The van der Waals surface area contributed by atoms with Crippen molar-refractivity contribution in [3.63, 3.8) is 0 Å². The number of nitro groups is 2. The van der Waals surface area contributed by atoms with Crippen molar-refractivity contribution in [1.82, 2.24) is 0 Å². The van der Waals surface area contributed by atoms with Crippen molar-refractivity contribution in [2.45, 2.75) is 12.4 Å². The van der Waals surface area contributed by atoms with E-state index in [-0.39, 0.29) is 32.6 Å². The molecule has 4 rings (SSSR count). The third-order valence-corrected chi connectivity index (χ3v) is 8.08. The summed E-state index contributed by atoms with van der Waals surface area (Å²) in [5.41, 5.74) is -4.10. The first-order valence-corrected chi connectivity index (χ1v) is 14.4. The van der Waals surface area contributed by atoms with Gasteiger partial charge in [0.2, 0.25) is 11.6 Å². The first kappa shape index (κ1) is 34.0. The average molecular weight is 687 g/mol. The highest BCUT2D eigenvalue weighted by Gasteiger charge is 2.31. The van der Waals surface area contributed by atoms with E-state index < -0.39 is 56.3 Å². The summed E-state index contributed by atoms with van der Waals surface area (Å²) in [5.74, 6) is -2.35. The average Bonchev–Trinajstić information content (AvgIpc) is 2.99. The summed E-state index contributed by atoms with van der Waals surface area (Å²) in [5, 5.41) is 22.3. The molecule has 4 aromatic carbocycles.